The van der Waals surface area contributed by atoms with Crippen molar-refractivity contribution in [3.63, 3.8) is 0 Å². The van der Waals surface area contributed by atoms with E-state index in [1.165, 1.54) is 11.1 Å². The lowest BCUT2D eigenvalue weighted by Gasteiger charge is -2.25. The molecule has 0 aromatic carbocycles. The number of halogens is 1. The molecule has 1 aromatic heterocycles. The SMILES string of the molecule is CN=C(NCC1(CS(C)(=O)=O)CC1)NCC(C)(C)c1cccs1.I. The van der Waals surface area contributed by atoms with Crippen LogP contribution in [0.25, 0.3) is 0 Å². The predicted octanol–water partition coefficient (Wildman–Crippen LogP) is 2.63. The highest BCUT2D eigenvalue weighted by Gasteiger charge is 2.45. The first-order valence-corrected chi connectivity index (χ1v) is 10.8. The van der Waals surface area contributed by atoms with E-state index < -0.39 is 9.84 Å². The maximum absolute atomic E-state index is 11.5. The highest BCUT2D eigenvalue weighted by molar-refractivity contribution is 14.0. The zero-order chi connectivity index (χ0) is 17.1. The molecule has 2 rings (SSSR count). The number of guanidine groups is 1. The Labute approximate surface area is 166 Å². The molecule has 0 radical (unpaired) electrons. The van der Waals surface area contributed by atoms with Gasteiger partial charge in [0.25, 0.3) is 0 Å². The van der Waals surface area contributed by atoms with Crippen LogP contribution in [0.2, 0.25) is 0 Å². The first-order valence-electron chi connectivity index (χ1n) is 7.82. The second-order valence-corrected chi connectivity index (χ2v) is 10.3. The third-order valence-electron chi connectivity index (χ3n) is 4.27. The summed E-state index contributed by atoms with van der Waals surface area (Å²) in [6.07, 6.45) is 3.24. The number of rotatable bonds is 7. The quantitative estimate of drug-likeness (QED) is 0.354. The van der Waals surface area contributed by atoms with Crippen LogP contribution in [0.4, 0.5) is 0 Å². The summed E-state index contributed by atoms with van der Waals surface area (Å²) in [6, 6.07) is 4.21. The van der Waals surface area contributed by atoms with Crippen molar-refractivity contribution in [1.29, 1.82) is 0 Å². The minimum Gasteiger partial charge on any atom is -0.356 e. The van der Waals surface area contributed by atoms with Gasteiger partial charge >= 0.3 is 0 Å². The Morgan fingerprint density at radius 3 is 2.50 bits per heavy atom. The largest absolute Gasteiger partial charge is 0.356 e. The molecule has 1 heterocycles. The van der Waals surface area contributed by atoms with E-state index in [2.05, 4.69) is 47.0 Å². The van der Waals surface area contributed by atoms with Crippen LogP contribution in [-0.4, -0.2) is 46.5 Å². The zero-order valence-corrected chi connectivity index (χ0v) is 18.7. The van der Waals surface area contributed by atoms with Gasteiger partial charge in [-0.2, -0.15) is 0 Å². The maximum atomic E-state index is 11.5. The van der Waals surface area contributed by atoms with E-state index in [0.717, 1.165) is 25.3 Å². The van der Waals surface area contributed by atoms with Crippen molar-refractivity contribution in [2.24, 2.45) is 10.4 Å². The van der Waals surface area contributed by atoms with Gasteiger partial charge in [-0.15, -0.1) is 35.3 Å². The van der Waals surface area contributed by atoms with Gasteiger partial charge in [0.2, 0.25) is 0 Å². The monoisotopic (exact) mass is 485 g/mol. The second kappa shape index (κ2) is 8.35. The van der Waals surface area contributed by atoms with Crippen molar-refractivity contribution in [3.05, 3.63) is 22.4 Å². The van der Waals surface area contributed by atoms with E-state index in [1.54, 1.807) is 18.4 Å². The molecule has 8 heteroatoms. The highest BCUT2D eigenvalue weighted by Crippen LogP contribution is 2.46. The molecule has 1 aromatic rings. The lowest BCUT2D eigenvalue weighted by molar-refractivity contribution is 0.505. The molecular formula is C16H28IN3O2S2. The molecule has 0 unspecified atom stereocenters. The van der Waals surface area contributed by atoms with Crippen LogP contribution < -0.4 is 10.6 Å². The van der Waals surface area contributed by atoms with E-state index in [9.17, 15) is 8.42 Å². The summed E-state index contributed by atoms with van der Waals surface area (Å²) in [7, 11) is -1.20. The van der Waals surface area contributed by atoms with Gasteiger partial charge in [-0.25, -0.2) is 8.42 Å². The summed E-state index contributed by atoms with van der Waals surface area (Å²) in [6.45, 7) is 5.82. The molecule has 0 saturated heterocycles. The average Bonchev–Trinajstić information content (AvgIpc) is 2.98. The van der Waals surface area contributed by atoms with Gasteiger partial charge in [-0.05, 0) is 24.3 Å². The molecule has 0 amide bonds. The van der Waals surface area contributed by atoms with Gasteiger partial charge in [0.1, 0.15) is 9.84 Å². The molecule has 1 saturated carbocycles. The van der Waals surface area contributed by atoms with Crippen LogP contribution in [0.1, 0.15) is 31.6 Å². The molecule has 5 nitrogen and oxygen atoms in total. The number of nitrogens with zero attached hydrogens (tertiary/aromatic N) is 1. The first kappa shape index (κ1) is 21.7. The molecule has 1 aliphatic rings. The molecule has 0 spiro atoms. The third-order valence-corrected chi connectivity index (χ3v) is 6.64. The van der Waals surface area contributed by atoms with Crippen molar-refractivity contribution in [3.8, 4) is 0 Å². The number of hydrogen-bond donors (Lipinski definition) is 2. The number of sulfone groups is 1. The van der Waals surface area contributed by atoms with E-state index >= 15 is 0 Å². The number of aliphatic imine (C=N–C) groups is 1. The van der Waals surface area contributed by atoms with Gasteiger partial charge in [-0.1, -0.05) is 19.9 Å². The van der Waals surface area contributed by atoms with Crippen LogP contribution in [0.3, 0.4) is 0 Å². The fourth-order valence-corrected chi connectivity index (χ4v) is 5.01. The van der Waals surface area contributed by atoms with Gasteiger partial charge in [-0.3, -0.25) is 4.99 Å². The topological polar surface area (TPSA) is 70.6 Å². The Morgan fingerprint density at radius 2 is 2.04 bits per heavy atom. The van der Waals surface area contributed by atoms with E-state index in [1.807, 2.05) is 0 Å². The Balaban J connectivity index is 0.00000288. The molecule has 0 bridgehead atoms. The summed E-state index contributed by atoms with van der Waals surface area (Å²) in [4.78, 5) is 5.58. The van der Waals surface area contributed by atoms with Gasteiger partial charge in [0.15, 0.2) is 5.96 Å². The fourth-order valence-electron chi connectivity index (χ4n) is 2.65. The van der Waals surface area contributed by atoms with Crippen LogP contribution in [0.15, 0.2) is 22.5 Å². The Hall–Kier alpha value is -0.350. The summed E-state index contributed by atoms with van der Waals surface area (Å²) in [5.41, 5.74) is -0.0791. The fraction of sp³-hybridized carbons (Fsp3) is 0.688. The van der Waals surface area contributed by atoms with Gasteiger partial charge in [0.05, 0.1) is 5.75 Å². The molecule has 1 aliphatic carbocycles. The van der Waals surface area contributed by atoms with Gasteiger partial charge < -0.3 is 10.6 Å². The lowest BCUT2D eigenvalue weighted by Crippen LogP contribution is -2.45. The molecular weight excluding hydrogens is 457 g/mol. The molecule has 2 N–H and O–H groups in total. The molecule has 24 heavy (non-hydrogen) atoms. The minimum atomic E-state index is -2.94. The van der Waals surface area contributed by atoms with Crippen LogP contribution >= 0.6 is 35.3 Å². The third kappa shape index (κ3) is 6.51. The molecule has 138 valence electrons. The van der Waals surface area contributed by atoms with E-state index in [0.29, 0.717) is 6.54 Å². The highest BCUT2D eigenvalue weighted by atomic mass is 127. The van der Waals surface area contributed by atoms with Gasteiger partial charge in [0, 0.05) is 42.1 Å². The Morgan fingerprint density at radius 1 is 1.38 bits per heavy atom. The van der Waals surface area contributed by atoms with Crippen LogP contribution in [0, 0.1) is 5.41 Å². The van der Waals surface area contributed by atoms with Crippen molar-refractivity contribution in [2.45, 2.75) is 32.1 Å². The molecule has 0 atom stereocenters. The summed E-state index contributed by atoms with van der Waals surface area (Å²) in [5.74, 6) is 0.986. The van der Waals surface area contributed by atoms with Crippen molar-refractivity contribution in [1.82, 2.24) is 10.6 Å². The average molecular weight is 485 g/mol. The van der Waals surface area contributed by atoms with Crippen LogP contribution in [-0.2, 0) is 15.3 Å². The smallest absolute Gasteiger partial charge is 0.191 e. The van der Waals surface area contributed by atoms with Crippen molar-refractivity contribution in [2.75, 3.05) is 32.1 Å². The maximum Gasteiger partial charge on any atom is 0.191 e. The Kier molecular flexibility index (Phi) is 7.55. The number of nitrogens with one attached hydrogen (secondary N) is 2. The number of hydrogen-bond acceptors (Lipinski definition) is 4. The van der Waals surface area contributed by atoms with Crippen LogP contribution in [0.5, 0.6) is 0 Å². The second-order valence-electron chi connectivity index (χ2n) is 7.21. The zero-order valence-electron chi connectivity index (χ0n) is 14.8. The molecule has 0 aliphatic heterocycles. The normalized spacial score (nSPS) is 17.1. The van der Waals surface area contributed by atoms with E-state index in [4.69, 9.17) is 0 Å². The predicted molar refractivity (Wildman–Crippen MR) is 114 cm³/mol. The first-order chi connectivity index (χ1) is 10.7. The standard InChI is InChI=1S/C16H27N3O2S2.HI/c1-15(2,13-6-5-9-22-13)10-18-14(17-3)19-11-16(7-8-16)12-23(4,20)21;/h5-6,9H,7-8,10-12H2,1-4H3,(H2,17,18,19);1H. The molecule has 1 fully saturated rings. The minimum absolute atomic E-state index is 0. The number of thiophene rings is 1. The van der Waals surface area contributed by atoms with Crippen molar-refractivity contribution >= 4 is 51.1 Å². The summed E-state index contributed by atoms with van der Waals surface area (Å²) in [5, 5.41) is 8.74. The Bertz CT molecular complexity index is 651. The lowest BCUT2D eigenvalue weighted by atomic mass is 9.91. The summed E-state index contributed by atoms with van der Waals surface area (Å²) < 4.78 is 23.0. The van der Waals surface area contributed by atoms with E-state index in [-0.39, 0.29) is 40.6 Å². The van der Waals surface area contributed by atoms with Crippen molar-refractivity contribution < 1.29 is 8.42 Å². The summed E-state index contributed by atoms with van der Waals surface area (Å²) >= 11 is 1.76.